The number of ether oxygens (including phenoxy) is 1. The van der Waals surface area contributed by atoms with Crippen LogP contribution in [0.25, 0.3) is 0 Å². The molecule has 1 aromatic carbocycles. The van der Waals surface area contributed by atoms with Gasteiger partial charge in [0.25, 0.3) is 0 Å². The number of hydrogen-bond acceptors (Lipinski definition) is 4. The summed E-state index contributed by atoms with van der Waals surface area (Å²) >= 11 is 0. The van der Waals surface area contributed by atoms with E-state index in [0.29, 0.717) is 13.0 Å². The first kappa shape index (κ1) is 12.6. The third kappa shape index (κ3) is 3.56. The topological polar surface area (TPSA) is 66.0 Å². The first-order valence-electron chi connectivity index (χ1n) is 6.02. The van der Waals surface area contributed by atoms with Gasteiger partial charge in [0.2, 0.25) is 0 Å². The Morgan fingerprint density at radius 1 is 1.33 bits per heavy atom. The van der Waals surface area contributed by atoms with Crippen LogP contribution in [0, 0.1) is 0 Å². The summed E-state index contributed by atoms with van der Waals surface area (Å²) in [6.07, 6.45) is 3.05. The van der Waals surface area contributed by atoms with Crippen LogP contribution in [0.15, 0.2) is 36.7 Å². The van der Waals surface area contributed by atoms with E-state index in [1.54, 1.807) is 11.0 Å². The molecule has 2 aromatic rings. The Balaban J connectivity index is 1.72. The highest BCUT2D eigenvalue weighted by molar-refractivity contribution is 5.20. The van der Waals surface area contributed by atoms with Crippen LogP contribution in [0.2, 0.25) is 0 Å². The van der Waals surface area contributed by atoms with Crippen molar-refractivity contribution in [3.63, 3.8) is 0 Å². The Hall–Kier alpha value is -1.88. The number of para-hydroxylation sites is 1. The summed E-state index contributed by atoms with van der Waals surface area (Å²) in [5.74, 6) is 1.78. The zero-order valence-electron chi connectivity index (χ0n) is 10.5. The van der Waals surface area contributed by atoms with Crippen molar-refractivity contribution in [1.29, 1.82) is 0 Å². The van der Waals surface area contributed by atoms with Crippen LogP contribution < -0.4 is 10.5 Å². The van der Waals surface area contributed by atoms with Gasteiger partial charge in [0.05, 0.1) is 6.61 Å². The van der Waals surface area contributed by atoms with Gasteiger partial charge in [-0.15, -0.1) is 0 Å². The molecule has 2 N–H and O–H groups in total. The standard InChI is InChI=1S/C13H18N4O/c1-17-13(15-10-16-17)9-11(14)7-8-18-12-5-3-2-4-6-12/h2-6,10-11H,7-9,14H2,1H3. The summed E-state index contributed by atoms with van der Waals surface area (Å²) in [4.78, 5) is 4.15. The van der Waals surface area contributed by atoms with Crippen LogP contribution in [0.4, 0.5) is 0 Å². The third-order valence-corrected chi connectivity index (χ3v) is 2.75. The second-order valence-electron chi connectivity index (χ2n) is 4.21. The van der Waals surface area contributed by atoms with Gasteiger partial charge in [-0.25, -0.2) is 4.98 Å². The van der Waals surface area contributed by atoms with Gasteiger partial charge >= 0.3 is 0 Å². The number of benzene rings is 1. The lowest BCUT2D eigenvalue weighted by Gasteiger charge is -2.11. The molecular formula is C13H18N4O. The molecule has 0 amide bonds. The van der Waals surface area contributed by atoms with Crippen molar-refractivity contribution < 1.29 is 4.74 Å². The summed E-state index contributed by atoms with van der Waals surface area (Å²) in [6, 6.07) is 9.79. The van der Waals surface area contributed by atoms with Gasteiger partial charge in [-0.1, -0.05) is 18.2 Å². The van der Waals surface area contributed by atoms with E-state index in [1.807, 2.05) is 37.4 Å². The summed E-state index contributed by atoms with van der Waals surface area (Å²) in [6.45, 7) is 0.614. The fourth-order valence-corrected chi connectivity index (χ4v) is 1.69. The minimum absolute atomic E-state index is 0.0385. The summed E-state index contributed by atoms with van der Waals surface area (Å²) in [5, 5.41) is 4.02. The van der Waals surface area contributed by atoms with Gasteiger partial charge in [0.15, 0.2) is 0 Å². The predicted molar refractivity (Wildman–Crippen MR) is 69.2 cm³/mol. The van der Waals surface area contributed by atoms with Gasteiger partial charge in [-0.05, 0) is 18.6 Å². The van der Waals surface area contributed by atoms with Crippen molar-refractivity contribution in [2.24, 2.45) is 12.8 Å². The lowest BCUT2D eigenvalue weighted by Crippen LogP contribution is -2.26. The first-order chi connectivity index (χ1) is 8.75. The van der Waals surface area contributed by atoms with E-state index in [0.717, 1.165) is 18.0 Å². The van der Waals surface area contributed by atoms with Crippen LogP contribution in [0.3, 0.4) is 0 Å². The zero-order valence-corrected chi connectivity index (χ0v) is 10.5. The molecular weight excluding hydrogens is 228 g/mol. The van der Waals surface area contributed by atoms with E-state index in [9.17, 15) is 0 Å². The van der Waals surface area contributed by atoms with Crippen LogP contribution in [0.5, 0.6) is 5.75 Å². The Kier molecular flexibility index (Phi) is 4.30. The molecule has 0 spiro atoms. The monoisotopic (exact) mass is 246 g/mol. The molecule has 0 aliphatic heterocycles. The first-order valence-corrected chi connectivity index (χ1v) is 6.02. The maximum absolute atomic E-state index is 6.04. The van der Waals surface area contributed by atoms with Gasteiger partial charge in [-0.2, -0.15) is 5.10 Å². The van der Waals surface area contributed by atoms with Gasteiger partial charge < -0.3 is 10.5 Å². The van der Waals surface area contributed by atoms with E-state index in [4.69, 9.17) is 10.5 Å². The molecule has 2 rings (SSSR count). The van der Waals surface area contributed by atoms with Crippen LogP contribution in [-0.2, 0) is 13.5 Å². The van der Waals surface area contributed by atoms with Crippen molar-refractivity contribution >= 4 is 0 Å². The number of nitrogens with two attached hydrogens (primary N) is 1. The third-order valence-electron chi connectivity index (χ3n) is 2.75. The van der Waals surface area contributed by atoms with E-state index in [1.165, 1.54) is 0 Å². The SMILES string of the molecule is Cn1ncnc1CC(N)CCOc1ccccc1. The highest BCUT2D eigenvalue weighted by Gasteiger charge is 2.08. The normalized spacial score (nSPS) is 12.3. The Labute approximate surface area is 107 Å². The minimum atomic E-state index is 0.0385. The van der Waals surface area contributed by atoms with Gasteiger partial charge in [0.1, 0.15) is 17.9 Å². The molecule has 1 aromatic heterocycles. The quantitative estimate of drug-likeness (QED) is 0.830. The van der Waals surface area contributed by atoms with Crippen molar-refractivity contribution in [3.8, 4) is 5.75 Å². The molecule has 0 fully saturated rings. The zero-order chi connectivity index (χ0) is 12.8. The van der Waals surface area contributed by atoms with E-state index in [2.05, 4.69) is 10.1 Å². The van der Waals surface area contributed by atoms with Gasteiger partial charge in [0, 0.05) is 19.5 Å². The number of aryl methyl sites for hydroxylation is 1. The Morgan fingerprint density at radius 2 is 2.11 bits per heavy atom. The van der Waals surface area contributed by atoms with Crippen molar-refractivity contribution in [2.75, 3.05) is 6.61 Å². The molecule has 0 bridgehead atoms. The highest BCUT2D eigenvalue weighted by Crippen LogP contribution is 2.09. The summed E-state index contributed by atoms with van der Waals surface area (Å²) in [5.41, 5.74) is 6.04. The number of nitrogens with zero attached hydrogens (tertiary/aromatic N) is 3. The van der Waals surface area contributed by atoms with Crippen molar-refractivity contribution in [2.45, 2.75) is 18.9 Å². The average Bonchev–Trinajstić information content (AvgIpc) is 2.76. The van der Waals surface area contributed by atoms with E-state index in [-0.39, 0.29) is 6.04 Å². The van der Waals surface area contributed by atoms with Gasteiger partial charge in [-0.3, -0.25) is 4.68 Å². The summed E-state index contributed by atoms with van der Waals surface area (Å²) < 4.78 is 7.35. The molecule has 5 nitrogen and oxygen atoms in total. The summed E-state index contributed by atoms with van der Waals surface area (Å²) in [7, 11) is 1.87. The second-order valence-corrected chi connectivity index (χ2v) is 4.21. The molecule has 0 radical (unpaired) electrons. The van der Waals surface area contributed by atoms with Crippen LogP contribution in [-0.4, -0.2) is 27.4 Å². The van der Waals surface area contributed by atoms with E-state index < -0.39 is 0 Å². The van der Waals surface area contributed by atoms with Crippen LogP contribution in [0.1, 0.15) is 12.2 Å². The molecule has 96 valence electrons. The second kappa shape index (κ2) is 6.16. The number of hydrogen-bond donors (Lipinski definition) is 1. The lowest BCUT2D eigenvalue weighted by molar-refractivity contribution is 0.296. The molecule has 5 heteroatoms. The average molecular weight is 246 g/mol. The fraction of sp³-hybridized carbons (Fsp3) is 0.385. The minimum Gasteiger partial charge on any atom is -0.494 e. The molecule has 0 aliphatic carbocycles. The smallest absolute Gasteiger partial charge is 0.138 e. The Bertz CT molecular complexity index is 469. The molecule has 1 heterocycles. The molecule has 0 aliphatic rings. The maximum Gasteiger partial charge on any atom is 0.138 e. The van der Waals surface area contributed by atoms with E-state index >= 15 is 0 Å². The molecule has 0 saturated carbocycles. The molecule has 1 atom stereocenters. The highest BCUT2D eigenvalue weighted by atomic mass is 16.5. The van der Waals surface area contributed by atoms with Crippen molar-refractivity contribution in [3.05, 3.63) is 42.5 Å². The predicted octanol–water partition coefficient (Wildman–Crippen LogP) is 1.15. The molecule has 1 unspecified atom stereocenters. The fourth-order valence-electron chi connectivity index (χ4n) is 1.69. The molecule has 0 saturated heterocycles. The molecule has 18 heavy (non-hydrogen) atoms. The van der Waals surface area contributed by atoms with Crippen molar-refractivity contribution in [1.82, 2.24) is 14.8 Å². The number of rotatable bonds is 6. The Morgan fingerprint density at radius 3 is 2.78 bits per heavy atom. The lowest BCUT2D eigenvalue weighted by atomic mass is 10.1. The van der Waals surface area contributed by atoms with Crippen LogP contribution >= 0.6 is 0 Å². The maximum atomic E-state index is 6.04. The largest absolute Gasteiger partial charge is 0.494 e. The number of aromatic nitrogens is 3.